The van der Waals surface area contributed by atoms with Crippen molar-refractivity contribution in [3.63, 3.8) is 0 Å². The van der Waals surface area contributed by atoms with E-state index in [0.29, 0.717) is 10.0 Å². The molecule has 0 spiro atoms. The van der Waals surface area contributed by atoms with Gasteiger partial charge in [0.15, 0.2) is 0 Å². The molecular weight excluding hydrogens is 260 g/mol. The smallest absolute Gasteiger partial charge is 0.319 e. The van der Waals surface area contributed by atoms with Crippen LogP contribution in [0.5, 0.6) is 0 Å². The quantitative estimate of drug-likeness (QED) is 0.802. The number of hydrogen-bond donors (Lipinski definition) is 3. The normalized spacial score (nSPS) is 12.1. The first-order chi connectivity index (χ1) is 8.15. The predicted molar refractivity (Wildman–Crippen MR) is 68.5 cm³/mol. The van der Waals surface area contributed by atoms with Crippen molar-refractivity contribution in [1.82, 2.24) is 15.5 Å². The van der Waals surface area contributed by atoms with Gasteiger partial charge in [-0.3, -0.25) is 5.10 Å². The monoisotopic (exact) mass is 270 g/mol. The Hall–Kier alpha value is -1.53. The molecule has 0 aliphatic heterocycles. The Morgan fingerprint density at radius 1 is 1.59 bits per heavy atom. The zero-order chi connectivity index (χ0) is 12.3. The number of aromatic nitrogens is 2. The van der Waals surface area contributed by atoms with Crippen LogP contribution in [0.25, 0.3) is 0 Å². The van der Waals surface area contributed by atoms with E-state index in [9.17, 15) is 4.79 Å². The van der Waals surface area contributed by atoms with Crippen LogP contribution in [0.1, 0.15) is 17.8 Å². The maximum Gasteiger partial charge on any atom is 0.319 e. The Bertz CT molecular complexity index is 496. The van der Waals surface area contributed by atoms with E-state index in [-0.39, 0.29) is 12.1 Å². The number of rotatable bonds is 3. The molecule has 3 N–H and O–H groups in total. The molecule has 0 unspecified atom stereocenters. The summed E-state index contributed by atoms with van der Waals surface area (Å²) in [6.45, 7) is 1.90. The lowest BCUT2D eigenvalue weighted by Gasteiger charge is -2.12. The molecule has 7 heteroatoms. The van der Waals surface area contributed by atoms with Gasteiger partial charge in [-0.2, -0.15) is 5.10 Å². The molecule has 5 nitrogen and oxygen atoms in total. The first-order valence-electron chi connectivity index (χ1n) is 4.96. The summed E-state index contributed by atoms with van der Waals surface area (Å²) in [6, 6.07) is 3.35. The lowest BCUT2D eigenvalue weighted by atomic mass is 10.3. The standard InChI is InChI=1S/C10H11ClN4OS/c1-6(8-2-3-9(11)17-8)14-10(16)15-7-4-12-13-5-7/h2-6H,1H3,(H,12,13)(H2,14,15,16)/t6-/m0/s1. The highest BCUT2D eigenvalue weighted by Crippen LogP contribution is 2.26. The second-order valence-electron chi connectivity index (χ2n) is 3.45. The van der Waals surface area contributed by atoms with Crippen LogP contribution in [0.15, 0.2) is 24.5 Å². The van der Waals surface area contributed by atoms with Crippen molar-refractivity contribution < 1.29 is 4.79 Å². The van der Waals surface area contributed by atoms with Crippen molar-refractivity contribution >= 4 is 34.7 Å². The summed E-state index contributed by atoms with van der Waals surface area (Å²) in [5.41, 5.74) is 0.624. The van der Waals surface area contributed by atoms with E-state index in [1.165, 1.54) is 17.5 Å². The van der Waals surface area contributed by atoms with Crippen LogP contribution < -0.4 is 10.6 Å². The van der Waals surface area contributed by atoms with E-state index >= 15 is 0 Å². The van der Waals surface area contributed by atoms with Crippen LogP contribution in [-0.2, 0) is 0 Å². The summed E-state index contributed by atoms with van der Waals surface area (Å²) in [4.78, 5) is 12.6. The van der Waals surface area contributed by atoms with Crippen molar-refractivity contribution in [2.24, 2.45) is 0 Å². The van der Waals surface area contributed by atoms with Crippen LogP contribution in [0, 0.1) is 0 Å². The number of carbonyl (C=O) groups is 1. The van der Waals surface area contributed by atoms with Gasteiger partial charge in [-0.05, 0) is 19.1 Å². The molecule has 1 atom stereocenters. The maximum absolute atomic E-state index is 11.6. The SMILES string of the molecule is C[C@H](NC(=O)Nc1cn[nH]c1)c1ccc(Cl)s1. The first-order valence-corrected chi connectivity index (χ1v) is 6.16. The lowest BCUT2D eigenvalue weighted by molar-refractivity contribution is 0.249. The van der Waals surface area contributed by atoms with Gasteiger partial charge in [0.05, 0.1) is 22.3 Å². The number of aromatic amines is 1. The summed E-state index contributed by atoms with van der Waals surface area (Å²) >= 11 is 7.28. The number of H-pyrrole nitrogens is 1. The van der Waals surface area contributed by atoms with E-state index in [1.54, 1.807) is 6.20 Å². The average Bonchev–Trinajstić information content (AvgIpc) is 2.89. The van der Waals surface area contributed by atoms with E-state index in [0.717, 1.165) is 4.88 Å². The maximum atomic E-state index is 11.6. The molecule has 90 valence electrons. The van der Waals surface area contributed by atoms with E-state index in [4.69, 9.17) is 11.6 Å². The molecule has 0 bridgehead atoms. The number of thiophene rings is 1. The number of halogens is 1. The van der Waals surface area contributed by atoms with Crippen molar-refractivity contribution in [2.75, 3.05) is 5.32 Å². The molecule has 0 aliphatic rings. The van der Waals surface area contributed by atoms with Crippen LogP contribution >= 0.6 is 22.9 Å². The highest BCUT2D eigenvalue weighted by Gasteiger charge is 2.11. The van der Waals surface area contributed by atoms with Crippen LogP contribution in [0.4, 0.5) is 10.5 Å². The first kappa shape index (κ1) is 11.9. The van der Waals surface area contributed by atoms with Gasteiger partial charge in [-0.25, -0.2) is 4.79 Å². The van der Waals surface area contributed by atoms with Gasteiger partial charge in [0.1, 0.15) is 0 Å². The highest BCUT2D eigenvalue weighted by molar-refractivity contribution is 7.16. The minimum absolute atomic E-state index is 0.0839. The Balaban J connectivity index is 1.90. The molecule has 2 aromatic heterocycles. The second kappa shape index (κ2) is 5.20. The Morgan fingerprint density at radius 2 is 2.41 bits per heavy atom. The van der Waals surface area contributed by atoms with E-state index in [2.05, 4.69) is 20.8 Å². The van der Waals surface area contributed by atoms with Gasteiger partial charge in [-0.1, -0.05) is 11.6 Å². The Kier molecular flexibility index (Phi) is 3.65. The summed E-state index contributed by atoms with van der Waals surface area (Å²) < 4.78 is 0.712. The number of urea groups is 1. The fraction of sp³-hybridized carbons (Fsp3) is 0.200. The number of nitrogens with one attached hydrogen (secondary N) is 3. The summed E-state index contributed by atoms with van der Waals surface area (Å²) in [5.74, 6) is 0. The fourth-order valence-corrected chi connectivity index (χ4v) is 2.38. The second-order valence-corrected chi connectivity index (χ2v) is 5.20. The van der Waals surface area contributed by atoms with Crippen LogP contribution in [-0.4, -0.2) is 16.2 Å². The molecular formula is C10H11ClN4OS. The lowest BCUT2D eigenvalue weighted by Crippen LogP contribution is -2.30. The zero-order valence-electron chi connectivity index (χ0n) is 9.03. The van der Waals surface area contributed by atoms with Crippen molar-refractivity contribution in [3.05, 3.63) is 33.7 Å². The van der Waals surface area contributed by atoms with Crippen molar-refractivity contribution in [3.8, 4) is 0 Å². The molecule has 2 heterocycles. The summed E-state index contributed by atoms with van der Waals surface area (Å²) in [6.07, 6.45) is 3.14. The van der Waals surface area contributed by atoms with Gasteiger partial charge in [0.2, 0.25) is 0 Å². The molecule has 0 saturated heterocycles. The third kappa shape index (κ3) is 3.21. The molecule has 2 aromatic rings. The molecule has 0 saturated carbocycles. The molecule has 2 rings (SSSR count). The van der Waals surface area contributed by atoms with E-state index in [1.807, 2.05) is 19.1 Å². The van der Waals surface area contributed by atoms with Crippen LogP contribution in [0.3, 0.4) is 0 Å². The number of anilines is 1. The third-order valence-corrected chi connectivity index (χ3v) is 3.54. The third-order valence-electron chi connectivity index (χ3n) is 2.12. The van der Waals surface area contributed by atoms with Crippen molar-refractivity contribution in [2.45, 2.75) is 13.0 Å². The molecule has 0 fully saturated rings. The molecule has 2 amide bonds. The molecule has 0 radical (unpaired) electrons. The molecule has 0 aromatic carbocycles. The number of carbonyl (C=O) groups excluding carboxylic acids is 1. The van der Waals surface area contributed by atoms with Gasteiger partial charge in [0, 0.05) is 11.1 Å². The molecule has 17 heavy (non-hydrogen) atoms. The fourth-order valence-electron chi connectivity index (χ4n) is 1.32. The summed E-state index contributed by atoms with van der Waals surface area (Å²) in [5, 5.41) is 11.8. The van der Waals surface area contributed by atoms with Gasteiger partial charge >= 0.3 is 6.03 Å². The zero-order valence-corrected chi connectivity index (χ0v) is 10.6. The topological polar surface area (TPSA) is 69.8 Å². The predicted octanol–water partition coefficient (Wildman–Crippen LogP) is 3.01. The Labute approximate surface area is 107 Å². The average molecular weight is 271 g/mol. The highest BCUT2D eigenvalue weighted by atomic mass is 35.5. The van der Waals surface area contributed by atoms with Gasteiger partial charge in [-0.15, -0.1) is 11.3 Å². The largest absolute Gasteiger partial charge is 0.331 e. The minimum atomic E-state index is -0.275. The molecule has 0 aliphatic carbocycles. The number of amides is 2. The Morgan fingerprint density at radius 3 is 3.00 bits per heavy atom. The van der Waals surface area contributed by atoms with Crippen molar-refractivity contribution in [1.29, 1.82) is 0 Å². The minimum Gasteiger partial charge on any atom is -0.331 e. The van der Waals surface area contributed by atoms with Crippen LogP contribution in [0.2, 0.25) is 4.34 Å². The van der Waals surface area contributed by atoms with Gasteiger partial charge < -0.3 is 10.6 Å². The number of hydrogen-bond acceptors (Lipinski definition) is 3. The van der Waals surface area contributed by atoms with E-state index < -0.39 is 0 Å². The number of nitrogens with zero attached hydrogens (tertiary/aromatic N) is 1. The van der Waals surface area contributed by atoms with Gasteiger partial charge in [0.25, 0.3) is 0 Å². The summed E-state index contributed by atoms with van der Waals surface area (Å²) in [7, 11) is 0.